The molecule has 0 radical (unpaired) electrons. The minimum absolute atomic E-state index is 0.299. The molecule has 0 saturated carbocycles. The second-order valence-electron chi connectivity index (χ2n) is 9.19. The molecule has 0 bridgehead atoms. The number of para-hydroxylation sites is 1. The monoisotopic (exact) mass is 556 g/mol. The Bertz CT molecular complexity index is 1840. The number of hydrogen-bond donors (Lipinski definition) is 0. The van der Waals surface area contributed by atoms with Crippen LogP contribution in [-0.2, 0) is 14.1 Å². The molecule has 5 aromatic rings. The van der Waals surface area contributed by atoms with Crippen molar-refractivity contribution in [3.63, 3.8) is 0 Å². The summed E-state index contributed by atoms with van der Waals surface area (Å²) in [5.74, 6) is 0.299. The fourth-order valence-electron chi connectivity index (χ4n) is 4.84. The SMILES string of the molecule is Cn1c2c(c(=O)n(C)c1=O)C(c1cn(-c3ccccc3)nc1-c1ccc(Cl)cc1)N(c1ccc(Cl)cc1)C=N2. The zero-order valence-corrected chi connectivity index (χ0v) is 22.5. The first-order valence-electron chi connectivity index (χ1n) is 12.1. The zero-order valence-electron chi connectivity index (χ0n) is 21.0. The zero-order chi connectivity index (χ0) is 27.3. The number of nitrogens with zero attached hydrogens (tertiary/aromatic N) is 6. The van der Waals surface area contributed by atoms with Gasteiger partial charge in [-0.05, 0) is 48.5 Å². The van der Waals surface area contributed by atoms with Crippen molar-refractivity contribution in [2.24, 2.45) is 19.1 Å². The Morgan fingerprint density at radius 3 is 2.08 bits per heavy atom. The van der Waals surface area contributed by atoms with E-state index in [9.17, 15) is 9.59 Å². The highest BCUT2D eigenvalue weighted by atomic mass is 35.5. The molecule has 3 heterocycles. The van der Waals surface area contributed by atoms with Gasteiger partial charge in [0.05, 0.1) is 29.3 Å². The molecule has 1 aliphatic heterocycles. The number of anilines is 1. The summed E-state index contributed by atoms with van der Waals surface area (Å²) in [6, 6.07) is 23.8. The van der Waals surface area contributed by atoms with E-state index >= 15 is 0 Å². The Morgan fingerprint density at radius 2 is 1.41 bits per heavy atom. The van der Waals surface area contributed by atoms with Gasteiger partial charge >= 0.3 is 5.69 Å². The van der Waals surface area contributed by atoms with E-state index in [-0.39, 0.29) is 0 Å². The van der Waals surface area contributed by atoms with Crippen molar-refractivity contribution in [3.8, 4) is 16.9 Å². The summed E-state index contributed by atoms with van der Waals surface area (Å²) in [6.07, 6.45) is 3.56. The van der Waals surface area contributed by atoms with Gasteiger partial charge in [0.15, 0.2) is 0 Å². The maximum atomic E-state index is 13.8. The van der Waals surface area contributed by atoms with E-state index in [1.54, 1.807) is 42.3 Å². The Morgan fingerprint density at radius 1 is 0.769 bits per heavy atom. The summed E-state index contributed by atoms with van der Waals surface area (Å²) in [6.45, 7) is 0. The van der Waals surface area contributed by atoms with Gasteiger partial charge < -0.3 is 4.90 Å². The Balaban J connectivity index is 1.68. The van der Waals surface area contributed by atoms with Crippen molar-refractivity contribution in [2.75, 3.05) is 4.90 Å². The quantitative estimate of drug-likeness (QED) is 0.292. The molecule has 194 valence electrons. The maximum Gasteiger partial charge on any atom is 0.332 e. The van der Waals surface area contributed by atoms with E-state index in [1.807, 2.05) is 65.7 Å². The van der Waals surface area contributed by atoms with Gasteiger partial charge in [-0.1, -0.05) is 53.5 Å². The van der Waals surface area contributed by atoms with Gasteiger partial charge in [0, 0.05) is 47.2 Å². The van der Waals surface area contributed by atoms with Gasteiger partial charge in [0.25, 0.3) is 5.56 Å². The standard InChI is InChI=1S/C29H22Cl2N6O2/c1-34-27-24(28(38)35(2)29(34)39)26(36(17-32-27)21-14-12-20(31)13-15-21)23-16-37(22-6-4-3-5-7-22)33-25(23)18-8-10-19(30)11-9-18/h3-17,26H,1-2H3. The summed E-state index contributed by atoms with van der Waals surface area (Å²) < 4.78 is 4.29. The first kappa shape index (κ1) is 24.9. The Labute approximate surface area is 233 Å². The second kappa shape index (κ2) is 9.72. The summed E-state index contributed by atoms with van der Waals surface area (Å²) in [7, 11) is 3.08. The molecule has 2 aromatic heterocycles. The molecule has 0 spiro atoms. The minimum Gasteiger partial charge on any atom is -0.320 e. The Kier molecular flexibility index (Phi) is 6.21. The maximum absolute atomic E-state index is 13.8. The van der Waals surface area contributed by atoms with Crippen LogP contribution in [0.4, 0.5) is 11.5 Å². The lowest BCUT2D eigenvalue weighted by Crippen LogP contribution is -2.44. The number of rotatable bonds is 4. The normalized spacial score (nSPS) is 14.5. The average molecular weight is 557 g/mol. The van der Waals surface area contributed by atoms with Crippen LogP contribution in [0.3, 0.4) is 0 Å². The highest BCUT2D eigenvalue weighted by molar-refractivity contribution is 6.31. The predicted molar refractivity (Wildman–Crippen MR) is 155 cm³/mol. The topological polar surface area (TPSA) is 77.4 Å². The molecule has 1 aliphatic rings. The predicted octanol–water partition coefficient (Wildman–Crippen LogP) is 5.51. The fraction of sp³-hybridized carbons (Fsp3) is 0.103. The number of fused-ring (bicyclic) bond motifs is 1. The van der Waals surface area contributed by atoms with E-state index in [1.165, 1.54) is 11.6 Å². The Hall–Kier alpha value is -4.40. The lowest BCUT2D eigenvalue weighted by Gasteiger charge is -2.34. The third-order valence-corrected chi connectivity index (χ3v) is 7.33. The molecular formula is C29H22Cl2N6O2. The fourth-order valence-corrected chi connectivity index (χ4v) is 5.10. The van der Waals surface area contributed by atoms with Gasteiger partial charge in [-0.15, -0.1) is 0 Å². The summed E-state index contributed by atoms with van der Waals surface area (Å²) in [4.78, 5) is 33.0. The van der Waals surface area contributed by atoms with Crippen LogP contribution in [0.5, 0.6) is 0 Å². The van der Waals surface area contributed by atoms with Gasteiger partial charge in [-0.25, -0.2) is 14.5 Å². The van der Waals surface area contributed by atoms with E-state index in [2.05, 4.69) is 4.99 Å². The minimum atomic E-state index is -0.660. The molecule has 0 aliphatic carbocycles. The summed E-state index contributed by atoms with van der Waals surface area (Å²) in [5, 5.41) is 6.15. The molecule has 8 nitrogen and oxygen atoms in total. The largest absolute Gasteiger partial charge is 0.332 e. The smallest absolute Gasteiger partial charge is 0.320 e. The van der Waals surface area contributed by atoms with E-state index < -0.39 is 17.3 Å². The molecule has 6 rings (SSSR count). The number of aliphatic imine (C=N–C) groups is 1. The average Bonchev–Trinajstić information content (AvgIpc) is 3.40. The van der Waals surface area contributed by atoms with Gasteiger partial charge in [-0.2, -0.15) is 5.10 Å². The molecule has 1 unspecified atom stereocenters. The molecule has 0 N–H and O–H groups in total. The first-order valence-corrected chi connectivity index (χ1v) is 12.9. The number of benzene rings is 3. The molecule has 0 saturated heterocycles. The van der Waals surface area contributed by atoms with Crippen LogP contribution in [0.15, 0.2) is 99.6 Å². The van der Waals surface area contributed by atoms with Crippen LogP contribution >= 0.6 is 23.2 Å². The highest BCUT2D eigenvalue weighted by Gasteiger charge is 2.36. The van der Waals surface area contributed by atoms with Crippen molar-refractivity contribution < 1.29 is 0 Å². The van der Waals surface area contributed by atoms with Gasteiger partial charge in [-0.3, -0.25) is 13.9 Å². The van der Waals surface area contributed by atoms with Crippen molar-refractivity contribution in [1.82, 2.24) is 18.9 Å². The number of halogens is 2. The summed E-state index contributed by atoms with van der Waals surface area (Å²) >= 11 is 12.4. The van der Waals surface area contributed by atoms with Gasteiger partial charge in [0.1, 0.15) is 5.82 Å². The lowest BCUT2D eigenvalue weighted by molar-refractivity contribution is 0.651. The first-order chi connectivity index (χ1) is 18.8. The molecule has 39 heavy (non-hydrogen) atoms. The molecule has 0 amide bonds. The lowest BCUT2D eigenvalue weighted by atomic mass is 9.94. The molecule has 10 heteroatoms. The van der Waals surface area contributed by atoms with Crippen LogP contribution in [0.2, 0.25) is 10.0 Å². The van der Waals surface area contributed by atoms with E-state index in [4.69, 9.17) is 28.3 Å². The molecule has 3 aromatic carbocycles. The van der Waals surface area contributed by atoms with Crippen LogP contribution in [0, 0.1) is 0 Å². The molecule has 1 atom stereocenters. The van der Waals surface area contributed by atoms with Crippen molar-refractivity contribution in [1.29, 1.82) is 0 Å². The van der Waals surface area contributed by atoms with Crippen molar-refractivity contribution in [2.45, 2.75) is 6.04 Å². The summed E-state index contributed by atoms with van der Waals surface area (Å²) in [5.41, 5.74) is 3.34. The highest BCUT2D eigenvalue weighted by Crippen LogP contribution is 2.41. The van der Waals surface area contributed by atoms with Crippen LogP contribution in [0.1, 0.15) is 17.2 Å². The van der Waals surface area contributed by atoms with Crippen LogP contribution < -0.4 is 16.1 Å². The number of aromatic nitrogens is 4. The van der Waals surface area contributed by atoms with Crippen LogP contribution in [-0.4, -0.2) is 25.3 Å². The van der Waals surface area contributed by atoms with E-state index in [0.717, 1.165) is 27.1 Å². The molecule has 0 fully saturated rings. The third kappa shape index (κ3) is 4.27. The second-order valence-corrected chi connectivity index (χ2v) is 10.1. The van der Waals surface area contributed by atoms with Crippen molar-refractivity contribution in [3.05, 3.63) is 127 Å². The molecular weight excluding hydrogens is 535 g/mol. The van der Waals surface area contributed by atoms with Crippen molar-refractivity contribution >= 4 is 41.0 Å². The van der Waals surface area contributed by atoms with Crippen LogP contribution in [0.25, 0.3) is 16.9 Å². The van der Waals surface area contributed by atoms with E-state index in [0.29, 0.717) is 27.1 Å². The van der Waals surface area contributed by atoms with Gasteiger partial charge in [0.2, 0.25) is 0 Å². The number of hydrogen-bond acceptors (Lipinski definition) is 5. The third-order valence-electron chi connectivity index (χ3n) is 6.82.